The van der Waals surface area contributed by atoms with Crippen molar-refractivity contribution >= 4 is 51.9 Å². The fraction of sp³-hybridized carbons (Fsp3) is 0.300. The molecule has 10 heteroatoms. The van der Waals surface area contributed by atoms with Gasteiger partial charge in [0.1, 0.15) is 9.88 Å². The number of thiophene rings is 1. The van der Waals surface area contributed by atoms with Crippen molar-refractivity contribution in [2.75, 3.05) is 31.9 Å². The molecule has 0 saturated heterocycles. The quantitative estimate of drug-likeness (QED) is 0.352. The third-order valence-corrected chi connectivity index (χ3v) is 6.04. The van der Waals surface area contributed by atoms with Gasteiger partial charge in [0.2, 0.25) is 0 Å². The molecule has 30 heavy (non-hydrogen) atoms. The minimum Gasteiger partial charge on any atom is -0.465 e. The van der Waals surface area contributed by atoms with Crippen molar-refractivity contribution in [3.05, 3.63) is 46.3 Å². The topological polar surface area (TPSA) is 108 Å². The molecule has 2 rings (SSSR count). The van der Waals surface area contributed by atoms with Gasteiger partial charge >= 0.3 is 17.9 Å². The summed E-state index contributed by atoms with van der Waals surface area (Å²) >= 11 is 2.39. The van der Waals surface area contributed by atoms with Gasteiger partial charge in [-0.15, -0.1) is 23.1 Å². The summed E-state index contributed by atoms with van der Waals surface area (Å²) in [7, 11) is 2.41. The Bertz CT molecular complexity index is 925. The maximum Gasteiger partial charge on any atom is 0.348 e. The highest BCUT2D eigenvalue weighted by atomic mass is 32.2. The van der Waals surface area contributed by atoms with E-state index >= 15 is 0 Å². The van der Waals surface area contributed by atoms with E-state index in [1.807, 2.05) is 30.3 Å². The number of rotatable bonds is 9. The summed E-state index contributed by atoms with van der Waals surface area (Å²) in [6.07, 6.45) is 0.144. The molecule has 0 unspecified atom stereocenters. The highest BCUT2D eigenvalue weighted by Gasteiger charge is 2.26. The Morgan fingerprint density at radius 2 is 1.70 bits per heavy atom. The molecule has 0 aliphatic carbocycles. The van der Waals surface area contributed by atoms with Crippen molar-refractivity contribution in [3.8, 4) is 0 Å². The van der Waals surface area contributed by atoms with Crippen LogP contribution in [-0.4, -0.2) is 50.4 Å². The maximum absolute atomic E-state index is 12.2. The molecule has 1 aromatic carbocycles. The van der Waals surface area contributed by atoms with Crippen LogP contribution in [0.1, 0.15) is 32.0 Å². The number of amides is 1. The number of methoxy groups -OCH3 is 2. The van der Waals surface area contributed by atoms with Gasteiger partial charge in [0.15, 0.2) is 6.61 Å². The molecular formula is C20H21NO7S2. The minimum absolute atomic E-state index is 0.0573. The van der Waals surface area contributed by atoms with Crippen LogP contribution in [0.4, 0.5) is 5.00 Å². The van der Waals surface area contributed by atoms with Gasteiger partial charge in [0.25, 0.3) is 5.91 Å². The Kier molecular flexibility index (Phi) is 8.88. The zero-order valence-corrected chi connectivity index (χ0v) is 18.3. The molecule has 0 saturated carbocycles. The minimum atomic E-state index is -0.705. The number of ether oxygens (including phenoxy) is 3. The smallest absolute Gasteiger partial charge is 0.348 e. The lowest BCUT2D eigenvalue weighted by atomic mass is 10.1. The van der Waals surface area contributed by atoms with E-state index in [1.54, 1.807) is 6.92 Å². The highest BCUT2D eigenvalue weighted by Crippen LogP contribution is 2.34. The summed E-state index contributed by atoms with van der Waals surface area (Å²) in [5.74, 6) is -1.97. The van der Waals surface area contributed by atoms with Crippen LogP contribution >= 0.6 is 23.1 Å². The van der Waals surface area contributed by atoms with E-state index in [9.17, 15) is 19.2 Å². The summed E-state index contributed by atoms with van der Waals surface area (Å²) in [6.45, 7) is 1.04. The number of benzene rings is 1. The molecule has 0 spiro atoms. The third-order valence-electron chi connectivity index (χ3n) is 3.84. The van der Waals surface area contributed by atoms with Crippen molar-refractivity contribution in [1.29, 1.82) is 0 Å². The largest absolute Gasteiger partial charge is 0.465 e. The predicted molar refractivity (Wildman–Crippen MR) is 113 cm³/mol. The Hall–Kier alpha value is -2.85. The van der Waals surface area contributed by atoms with E-state index in [-0.39, 0.29) is 21.9 Å². The third kappa shape index (κ3) is 6.33. The molecule has 0 aliphatic heterocycles. The van der Waals surface area contributed by atoms with Gasteiger partial charge in [0, 0.05) is 10.6 Å². The molecule has 1 N–H and O–H groups in total. The summed E-state index contributed by atoms with van der Waals surface area (Å²) in [5, 5.41) is 2.62. The average molecular weight is 452 g/mol. The summed E-state index contributed by atoms with van der Waals surface area (Å²) in [5.41, 5.74) is 0.394. The second-order valence-corrected chi connectivity index (χ2v) is 8.05. The molecule has 8 nitrogen and oxygen atoms in total. The van der Waals surface area contributed by atoms with Gasteiger partial charge in [-0.05, 0) is 24.6 Å². The van der Waals surface area contributed by atoms with E-state index in [2.05, 4.69) is 10.1 Å². The molecule has 0 aliphatic rings. The first-order valence-corrected chi connectivity index (χ1v) is 10.6. The summed E-state index contributed by atoms with van der Waals surface area (Å²) in [6, 6.07) is 9.60. The van der Waals surface area contributed by atoms with Crippen molar-refractivity contribution in [2.24, 2.45) is 0 Å². The molecule has 1 heterocycles. The van der Waals surface area contributed by atoms with Gasteiger partial charge < -0.3 is 19.5 Å². The fourth-order valence-electron chi connectivity index (χ4n) is 2.39. The number of esters is 3. The fourth-order valence-corrected chi connectivity index (χ4v) is 4.37. The number of hydrogen-bond acceptors (Lipinski definition) is 9. The Morgan fingerprint density at radius 3 is 2.33 bits per heavy atom. The van der Waals surface area contributed by atoms with Gasteiger partial charge in [-0.2, -0.15) is 0 Å². The van der Waals surface area contributed by atoms with Crippen LogP contribution in [0.5, 0.6) is 0 Å². The van der Waals surface area contributed by atoms with Crippen LogP contribution in [0.2, 0.25) is 0 Å². The Balaban J connectivity index is 1.91. The molecule has 160 valence electrons. The van der Waals surface area contributed by atoms with E-state index in [0.717, 1.165) is 16.2 Å². The molecule has 0 radical (unpaired) electrons. The molecule has 0 atom stereocenters. The van der Waals surface area contributed by atoms with E-state index in [1.165, 1.54) is 26.0 Å². The second-order valence-electron chi connectivity index (χ2n) is 5.86. The van der Waals surface area contributed by atoms with Crippen molar-refractivity contribution in [1.82, 2.24) is 0 Å². The second kappa shape index (κ2) is 11.4. The lowest BCUT2D eigenvalue weighted by Gasteiger charge is -2.07. The molecule has 1 aromatic heterocycles. The van der Waals surface area contributed by atoms with Crippen LogP contribution in [0.15, 0.2) is 35.2 Å². The maximum atomic E-state index is 12.2. The van der Waals surface area contributed by atoms with E-state index in [4.69, 9.17) is 9.47 Å². The van der Waals surface area contributed by atoms with Gasteiger partial charge in [-0.25, -0.2) is 9.59 Å². The zero-order chi connectivity index (χ0) is 22.1. The highest BCUT2D eigenvalue weighted by molar-refractivity contribution is 7.99. The number of carbonyl (C=O) groups is 4. The molecule has 0 fully saturated rings. The molecule has 0 bridgehead atoms. The number of carbonyl (C=O) groups excluding carboxylic acids is 4. The number of hydrogen-bond donors (Lipinski definition) is 1. The summed E-state index contributed by atoms with van der Waals surface area (Å²) in [4.78, 5) is 49.2. The average Bonchev–Trinajstić information content (AvgIpc) is 3.07. The number of anilines is 1. The van der Waals surface area contributed by atoms with Crippen LogP contribution in [0.25, 0.3) is 0 Å². The van der Waals surface area contributed by atoms with E-state index in [0.29, 0.717) is 11.3 Å². The first kappa shape index (κ1) is 23.4. The summed E-state index contributed by atoms with van der Waals surface area (Å²) < 4.78 is 14.4. The standard InChI is InChI=1S/C20H21NO7S2/c1-12-16(19(24)26-2)18(30-17(12)20(25)27-3)21-14(22)11-28-15(23)9-10-29-13-7-5-4-6-8-13/h4-8H,9-11H2,1-3H3,(H,21,22). The monoisotopic (exact) mass is 451 g/mol. The zero-order valence-electron chi connectivity index (χ0n) is 16.7. The normalized spacial score (nSPS) is 10.2. The number of nitrogens with one attached hydrogen (secondary N) is 1. The van der Waals surface area contributed by atoms with Crippen LogP contribution in [0, 0.1) is 6.92 Å². The molecule has 1 amide bonds. The van der Waals surface area contributed by atoms with Gasteiger partial charge in [-0.1, -0.05) is 18.2 Å². The SMILES string of the molecule is COC(=O)c1sc(NC(=O)COC(=O)CCSc2ccccc2)c(C(=O)OC)c1C. The van der Waals surface area contributed by atoms with Crippen LogP contribution < -0.4 is 5.32 Å². The lowest BCUT2D eigenvalue weighted by molar-refractivity contribution is -0.146. The van der Waals surface area contributed by atoms with Crippen LogP contribution in [0.3, 0.4) is 0 Å². The van der Waals surface area contributed by atoms with Crippen molar-refractivity contribution in [2.45, 2.75) is 18.2 Å². The van der Waals surface area contributed by atoms with Crippen molar-refractivity contribution < 1.29 is 33.4 Å². The Labute approximate surface area is 181 Å². The van der Waals surface area contributed by atoms with E-state index < -0.39 is 30.4 Å². The molecule has 2 aromatic rings. The number of thioether (sulfide) groups is 1. The molecular weight excluding hydrogens is 430 g/mol. The predicted octanol–water partition coefficient (Wildman–Crippen LogP) is 3.29. The lowest BCUT2D eigenvalue weighted by Crippen LogP contribution is -2.21. The van der Waals surface area contributed by atoms with Crippen molar-refractivity contribution in [3.63, 3.8) is 0 Å². The Morgan fingerprint density at radius 1 is 1.03 bits per heavy atom. The first-order chi connectivity index (χ1) is 14.4. The van der Waals surface area contributed by atoms with Gasteiger partial charge in [0.05, 0.1) is 26.2 Å². The first-order valence-electron chi connectivity index (χ1n) is 8.80. The van der Waals surface area contributed by atoms with Gasteiger partial charge in [-0.3, -0.25) is 9.59 Å². The van der Waals surface area contributed by atoms with Crippen LogP contribution in [-0.2, 0) is 23.8 Å².